The van der Waals surface area contributed by atoms with E-state index in [0.29, 0.717) is 44.8 Å². The highest BCUT2D eigenvalue weighted by Crippen LogP contribution is 2.56. The second-order valence-electron chi connectivity index (χ2n) is 10.5. The van der Waals surface area contributed by atoms with Gasteiger partial charge in [0, 0.05) is 58.9 Å². The summed E-state index contributed by atoms with van der Waals surface area (Å²) in [7, 11) is 5.31. The van der Waals surface area contributed by atoms with E-state index in [-0.39, 0.29) is 22.2 Å². The first-order chi connectivity index (χ1) is 19.5. The zero-order chi connectivity index (χ0) is 29.4. The quantitative estimate of drug-likeness (QED) is 0.291. The van der Waals surface area contributed by atoms with E-state index in [4.69, 9.17) is 27.9 Å². The van der Waals surface area contributed by atoms with E-state index in [2.05, 4.69) is 10.3 Å². The molecule has 8 nitrogen and oxygen atoms in total. The number of fused-ring (bicyclic) bond motifs is 4. The number of aromatic nitrogens is 2. The standard InChI is InChI=1S/C30H26Cl2FN5O3/c1-15(2)27-26-18(14-37(27)23-13-34-25(36(3)4)12-24(23)41-5)28(39)38(22-11-17(32)7-9-20(22)33)30(26)19-8-6-16(31)10-21(19)35-29(30)40/h6-15H,1-5H3,(H,35,40)/t30-/m0/s1. The lowest BCUT2D eigenvalue weighted by Gasteiger charge is -2.36. The minimum absolute atomic E-state index is 0.104. The first-order valence-electron chi connectivity index (χ1n) is 12.9. The molecule has 2 aromatic heterocycles. The van der Waals surface area contributed by atoms with Crippen molar-refractivity contribution in [2.75, 3.05) is 36.3 Å². The van der Waals surface area contributed by atoms with Gasteiger partial charge in [-0.15, -0.1) is 0 Å². The van der Waals surface area contributed by atoms with Crippen molar-refractivity contribution in [3.63, 3.8) is 0 Å². The average Bonchev–Trinajstić information content (AvgIpc) is 3.53. The Labute approximate surface area is 246 Å². The monoisotopic (exact) mass is 593 g/mol. The second-order valence-corrected chi connectivity index (χ2v) is 11.4. The van der Waals surface area contributed by atoms with Crippen LogP contribution in [0.2, 0.25) is 10.0 Å². The van der Waals surface area contributed by atoms with Gasteiger partial charge in [-0.2, -0.15) is 0 Å². The highest BCUT2D eigenvalue weighted by molar-refractivity contribution is 6.32. The van der Waals surface area contributed by atoms with Gasteiger partial charge in [-0.05, 0) is 36.2 Å². The van der Waals surface area contributed by atoms with Crippen LogP contribution in [0, 0.1) is 5.82 Å². The van der Waals surface area contributed by atoms with Crippen molar-refractivity contribution >= 4 is 52.2 Å². The molecule has 41 heavy (non-hydrogen) atoms. The third kappa shape index (κ3) is 3.75. The molecule has 11 heteroatoms. The predicted molar refractivity (Wildman–Crippen MR) is 158 cm³/mol. The molecular weight excluding hydrogens is 568 g/mol. The molecule has 4 aromatic rings. The number of methoxy groups -OCH3 is 1. The van der Waals surface area contributed by atoms with Gasteiger partial charge in [0.15, 0.2) is 5.54 Å². The van der Waals surface area contributed by atoms with Crippen LogP contribution in [0.25, 0.3) is 5.69 Å². The SMILES string of the molecule is COc1cc(N(C)C)ncc1-n1cc2c(c1C(C)C)[C@@]1(C(=O)Nc3cc(Cl)ccc31)N(c1cc(Cl)ccc1F)C2=O. The lowest BCUT2D eigenvalue weighted by molar-refractivity contribution is -0.119. The lowest BCUT2D eigenvalue weighted by atomic mass is 9.81. The minimum Gasteiger partial charge on any atom is -0.494 e. The Morgan fingerprint density at radius 2 is 1.76 bits per heavy atom. The van der Waals surface area contributed by atoms with Crippen molar-refractivity contribution < 1.29 is 18.7 Å². The third-order valence-corrected chi connectivity index (χ3v) is 8.06. The predicted octanol–water partition coefficient (Wildman–Crippen LogP) is 6.37. The summed E-state index contributed by atoms with van der Waals surface area (Å²) < 4.78 is 23.1. The van der Waals surface area contributed by atoms with Gasteiger partial charge in [0.25, 0.3) is 11.8 Å². The molecule has 2 aromatic carbocycles. The van der Waals surface area contributed by atoms with Gasteiger partial charge >= 0.3 is 0 Å². The van der Waals surface area contributed by atoms with Crippen molar-refractivity contribution in [3.8, 4) is 11.4 Å². The summed E-state index contributed by atoms with van der Waals surface area (Å²) in [6.45, 7) is 3.94. The molecule has 0 bridgehead atoms. The van der Waals surface area contributed by atoms with Gasteiger partial charge in [0.05, 0.1) is 24.6 Å². The van der Waals surface area contributed by atoms with Gasteiger partial charge in [-0.3, -0.25) is 14.5 Å². The second kappa shape index (κ2) is 9.49. The van der Waals surface area contributed by atoms with Crippen LogP contribution >= 0.6 is 23.2 Å². The number of pyridine rings is 1. The van der Waals surface area contributed by atoms with Crippen LogP contribution in [0.3, 0.4) is 0 Å². The molecule has 2 aliphatic heterocycles. The van der Waals surface area contributed by atoms with Crippen LogP contribution in [-0.4, -0.2) is 42.6 Å². The smallest absolute Gasteiger partial charge is 0.261 e. The number of nitrogens with one attached hydrogen (secondary N) is 1. The largest absolute Gasteiger partial charge is 0.494 e. The maximum Gasteiger partial charge on any atom is 0.261 e. The molecule has 2 amide bonds. The maximum atomic E-state index is 15.5. The van der Waals surface area contributed by atoms with Crippen LogP contribution in [0.5, 0.6) is 5.75 Å². The lowest BCUT2D eigenvalue weighted by Crippen LogP contribution is -2.51. The summed E-state index contributed by atoms with van der Waals surface area (Å²) in [6, 6.07) is 10.7. The number of amides is 2. The normalized spacial score (nSPS) is 17.3. The summed E-state index contributed by atoms with van der Waals surface area (Å²) in [5.74, 6) is -0.707. The van der Waals surface area contributed by atoms with Gasteiger partial charge < -0.3 is 19.5 Å². The van der Waals surface area contributed by atoms with Crippen LogP contribution in [0.4, 0.5) is 21.6 Å². The van der Waals surface area contributed by atoms with Gasteiger partial charge in [0.1, 0.15) is 23.1 Å². The Morgan fingerprint density at radius 1 is 1.05 bits per heavy atom. The molecule has 0 aliphatic carbocycles. The zero-order valence-electron chi connectivity index (χ0n) is 22.9. The Kier molecular flexibility index (Phi) is 6.28. The number of carbonyl (C=O) groups excluding carboxylic acids is 2. The number of hydrogen-bond donors (Lipinski definition) is 1. The van der Waals surface area contributed by atoms with Crippen LogP contribution < -0.4 is 19.9 Å². The first kappa shape index (κ1) is 27.1. The molecule has 6 rings (SSSR count). The molecule has 2 aliphatic rings. The molecule has 210 valence electrons. The summed E-state index contributed by atoms with van der Waals surface area (Å²) in [5, 5.41) is 3.53. The number of carbonyl (C=O) groups is 2. The fraction of sp³-hybridized carbons (Fsp3) is 0.233. The zero-order valence-corrected chi connectivity index (χ0v) is 24.4. The van der Waals surface area contributed by atoms with E-state index < -0.39 is 23.2 Å². The minimum atomic E-state index is -1.73. The first-order valence-corrected chi connectivity index (χ1v) is 13.6. The van der Waals surface area contributed by atoms with E-state index in [0.717, 1.165) is 0 Å². The van der Waals surface area contributed by atoms with E-state index in [1.165, 1.54) is 23.1 Å². The molecule has 1 atom stereocenters. The highest BCUT2D eigenvalue weighted by atomic mass is 35.5. The Bertz CT molecular complexity index is 1770. The van der Waals surface area contributed by atoms with Crippen molar-refractivity contribution in [2.24, 2.45) is 0 Å². The third-order valence-electron chi connectivity index (χ3n) is 7.59. The summed E-state index contributed by atoms with van der Waals surface area (Å²) in [6.07, 6.45) is 3.34. The molecule has 0 fully saturated rings. The summed E-state index contributed by atoms with van der Waals surface area (Å²) in [4.78, 5) is 36.3. The van der Waals surface area contributed by atoms with Crippen molar-refractivity contribution in [3.05, 3.63) is 93.1 Å². The molecule has 0 saturated heterocycles. The molecule has 0 saturated carbocycles. The molecular formula is C30H26Cl2FN5O3. The molecule has 1 N–H and O–H groups in total. The van der Waals surface area contributed by atoms with Crippen LogP contribution in [0.1, 0.15) is 46.9 Å². The number of benzene rings is 2. The molecule has 4 heterocycles. The van der Waals surface area contributed by atoms with Crippen molar-refractivity contribution in [1.29, 1.82) is 0 Å². The van der Waals surface area contributed by atoms with Gasteiger partial charge in [-0.1, -0.05) is 43.1 Å². The van der Waals surface area contributed by atoms with E-state index in [1.807, 2.05) is 37.4 Å². The summed E-state index contributed by atoms with van der Waals surface area (Å²) in [5.41, 5.74) is 1.06. The fourth-order valence-electron chi connectivity index (χ4n) is 5.91. The number of ether oxygens (including phenoxy) is 1. The number of anilines is 3. The summed E-state index contributed by atoms with van der Waals surface area (Å²) >= 11 is 12.6. The van der Waals surface area contributed by atoms with Gasteiger partial charge in [0.2, 0.25) is 0 Å². The Balaban J connectivity index is 1.72. The topological polar surface area (TPSA) is 79.7 Å². The van der Waals surface area contributed by atoms with Crippen molar-refractivity contribution in [2.45, 2.75) is 25.3 Å². The number of hydrogen-bond acceptors (Lipinski definition) is 5. The Hall–Kier alpha value is -4.08. The molecule has 0 unspecified atom stereocenters. The van der Waals surface area contributed by atoms with Crippen LogP contribution in [0.15, 0.2) is 54.9 Å². The number of rotatable bonds is 5. The number of halogens is 3. The van der Waals surface area contributed by atoms with E-state index in [1.54, 1.807) is 43.8 Å². The van der Waals surface area contributed by atoms with E-state index >= 15 is 4.39 Å². The maximum absolute atomic E-state index is 15.5. The molecule has 1 spiro atoms. The van der Waals surface area contributed by atoms with Crippen LogP contribution in [-0.2, 0) is 10.3 Å². The van der Waals surface area contributed by atoms with Gasteiger partial charge in [-0.25, -0.2) is 9.37 Å². The Morgan fingerprint density at radius 3 is 2.44 bits per heavy atom. The fourth-order valence-corrected chi connectivity index (χ4v) is 6.25. The highest BCUT2D eigenvalue weighted by Gasteiger charge is 2.63. The molecule has 0 radical (unpaired) electrons. The van der Waals surface area contributed by atoms with E-state index in [9.17, 15) is 9.59 Å². The average molecular weight is 594 g/mol. The number of nitrogens with zero attached hydrogens (tertiary/aromatic N) is 4. The van der Waals surface area contributed by atoms with Crippen molar-refractivity contribution in [1.82, 2.24) is 9.55 Å².